The molecule has 4 aromatic heterocycles. The van der Waals surface area contributed by atoms with Crippen molar-refractivity contribution < 1.29 is 19.2 Å². The van der Waals surface area contributed by atoms with E-state index in [1.165, 1.54) is 0 Å². The smallest absolute Gasteiger partial charge is 0.276 e. The van der Waals surface area contributed by atoms with Crippen molar-refractivity contribution in [2.45, 2.75) is 73.1 Å². The molecular weight excluding hydrogens is 676 g/mol. The van der Waals surface area contributed by atoms with Crippen molar-refractivity contribution in [2.75, 3.05) is 10.6 Å². The number of nitrogens with one attached hydrogen (secondary N) is 2. The van der Waals surface area contributed by atoms with Gasteiger partial charge in [-0.15, -0.1) is 0 Å². The van der Waals surface area contributed by atoms with Gasteiger partial charge in [-0.05, 0) is 107 Å². The molecule has 0 unspecified atom stereocenters. The summed E-state index contributed by atoms with van der Waals surface area (Å²) in [5.41, 5.74) is 16.8. The summed E-state index contributed by atoms with van der Waals surface area (Å²) in [6, 6.07) is 13.7. The summed E-state index contributed by atoms with van der Waals surface area (Å²) < 4.78 is 7.25. The van der Waals surface area contributed by atoms with Crippen molar-refractivity contribution in [1.82, 2.24) is 38.7 Å². The Bertz CT molecular complexity index is 2250. The summed E-state index contributed by atoms with van der Waals surface area (Å²) in [5.74, 6) is -0.162. The Balaban J connectivity index is 1.08. The average molecular weight is 719 g/mol. The first-order valence-electron chi connectivity index (χ1n) is 17.8. The molecule has 1 fully saturated rings. The van der Waals surface area contributed by atoms with Gasteiger partial charge in [0.2, 0.25) is 23.7 Å². The fourth-order valence-electron chi connectivity index (χ4n) is 7.09. The zero-order valence-corrected chi connectivity index (χ0v) is 30.1. The van der Waals surface area contributed by atoms with Crippen molar-refractivity contribution in [2.24, 2.45) is 23.3 Å². The monoisotopic (exact) mass is 718 g/mol. The number of nitrogens with zero attached hydrogens (tertiary/aromatic N) is 8. The minimum atomic E-state index is -0.556. The molecule has 2 aromatic carbocycles. The van der Waals surface area contributed by atoms with Crippen LogP contribution in [0, 0.1) is 25.7 Å². The van der Waals surface area contributed by atoms with Crippen molar-refractivity contribution >= 4 is 57.6 Å². The Labute approximate surface area is 304 Å². The molecule has 1 aliphatic rings. The quantitative estimate of drug-likeness (QED) is 0.127. The number of fused-ring (bicyclic) bond motifs is 2. The molecule has 6 N–H and O–H groups in total. The van der Waals surface area contributed by atoms with Gasteiger partial charge in [0.05, 0.1) is 33.5 Å². The SMILES string of the molecule is CCn1nc(C)cc1C(=O)Nc1nc2cc(C(N)=O)ccc2n1CC[C@H]1C[C@@H]1CCn1c(NC(=O)c2cc(C)nn2CC)nc2cc(C(N)=O)ccc21. The zero-order valence-electron chi connectivity index (χ0n) is 30.1. The van der Waals surface area contributed by atoms with Gasteiger partial charge in [0.15, 0.2) is 0 Å². The fourth-order valence-corrected chi connectivity index (χ4v) is 7.09. The molecule has 0 radical (unpaired) electrons. The van der Waals surface area contributed by atoms with Gasteiger partial charge >= 0.3 is 0 Å². The molecule has 1 aliphatic carbocycles. The Morgan fingerprint density at radius 2 is 1.09 bits per heavy atom. The highest BCUT2D eigenvalue weighted by atomic mass is 16.2. The third-order valence-electron chi connectivity index (χ3n) is 9.90. The minimum Gasteiger partial charge on any atom is -0.366 e. The summed E-state index contributed by atoms with van der Waals surface area (Å²) in [5, 5.41) is 14.8. The van der Waals surface area contributed by atoms with E-state index in [9.17, 15) is 19.2 Å². The summed E-state index contributed by atoms with van der Waals surface area (Å²) >= 11 is 0. The molecule has 2 atom stereocenters. The van der Waals surface area contributed by atoms with E-state index in [2.05, 4.69) is 20.8 Å². The highest BCUT2D eigenvalue weighted by Gasteiger charge is 2.36. The Kier molecular flexibility index (Phi) is 9.28. The van der Waals surface area contributed by atoms with Crippen molar-refractivity contribution in [1.29, 1.82) is 0 Å². The number of aromatic nitrogens is 8. The molecule has 53 heavy (non-hydrogen) atoms. The number of hydrogen-bond acceptors (Lipinski definition) is 8. The third-order valence-corrected chi connectivity index (χ3v) is 9.90. The minimum absolute atomic E-state index is 0.323. The molecule has 0 bridgehead atoms. The van der Waals surface area contributed by atoms with Gasteiger partial charge in [-0.3, -0.25) is 39.2 Å². The maximum atomic E-state index is 13.4. The summed E-state index contributed by atoms with van der Waals surface area (Å²) in [4.78, 5) is 60.0. The first kappa shape index (κ1) is 35.1. The Hall–Kier alpha value is -6.32. The average Bonchev–Trinajstić information content (AvgIpc) is 3.40. The van der Waals surface area contributed by atoms with E-state index in [0.29, 0.717) is 83.5 Å². The maximum absolute atomic E-state index is 13.4. The van der Waals surface area contributed by atoms with E-state index in [-0.39, 0.29) is 11.8 Å². The van der Waals surface area contributed by atoms with Crippen LogP contribution in [0.1, 0.15) is 86.2 Å². The number of primary amides is 2. The molecule has 0 saturated heterocycles. The number of carbonyl (C=O) groups excluding carboxylic acids is 4. The molecule has 7 rings (SSSR count). The number of imidazole rings is 2. The number of rotatable bonds is 14. The normalized spacial score (nSPS) is 15.2. The van der Waals surface area contributed by atoms with E-state index in [1.807, 2.05) is 36.8 Å². The maximum Gasteiger partial charge on any atom is 0.276 e. The molecule has 16 nitrogen and oxygen atoms in total. The lowest BCUT2D eigenvalue weighted by molar-refractivity contribution is 0.0992. The largest absolute Gasteiger partial charge is 0.366 e. The van der Waals surface area contributed by atoms with Crippen molar-refractivity contribution in [3.05, 3.63) is 82.4 Å². The van der Waals surface area contributed by atoms with Gasteiger partial charge < -0.3 is 20.6 Å². The van der Waals surface area contributed by atoms with Gasteiger partial charge in [-0.1, -0.05) is 0 Å². The zero-order chi connectivity index (χ0) is 37.6. The van der Waals surface area contributed by atoms with Crippen LogP contribution >= 0.6 is 0 Å². The van der Waals surface area contributed by atoms with Gasteiger partial charge in [-0.2, -0.15) is 10.2 Å². The number of carbonyl (C=O) groups is 4. The second-order valence-electron chi connectivity index (χ2n) is 13.5. The number of aryl methyl sites for hydroxylation is 6. The number of benzene rings is 2. The first-order chi connectivity index (χ1) is 25.4. The lowest BCUT2D eigenvalue weighted by Gasteiger charge is -2.12. The van der Waals surface area contributed by atoms with Gasteiger partial charge in [0.25, 0.3) is 11.8 Å². The predicted molar refractivity (Wildman–Crippen MR) is 199 cm³/mol. The van der Waals surface area contributed by atoms with Crippen molar-refractivity contribution in [3.8, 4) is 0 Å². The van der Waals surface area contributed by atoms with Crippen LogP contribution in [0.5, 0.6) is 0 Å². The lowest BCUT2D eigenvalue weighted by Crippen LogP contribution is -2.20. The standard InChI is InChI=1S/C37H42N12O4/c1-5-48-30(15-20(3)44-48)34(52)42-36-40-26-18-24(32(38)50)7-9-28(26)46(36)13-11-22-17-23(22)12-14-47-29-10-8-25(33(39)51)19-27(29)41-37(47)43-35(53)31-16-21(4)45-49(31)6-2/h7-10,15-16,18-19,22-23H,5-6,11-14,17H2,1-4H3,(H2,38,50)(H2,39,51)(H,40,42,52)(H,41,43,53)/t22-,23-/m0/s1. The molecule has 0 aliphatic heterocycles. The molecule has 0 spiro atoms. The van der Waals surface area contributed by atoms with Crippen LogP contribution in [0.15, 0.2) is 48.5 Å². The second kappa shape index (κ2) is 14.0. The highest BCUT2D eigenvalue weighted by Crippen LogP contribution is 2.45. The third kappa shape index (κ3) is 6.99. The van der Waals surface area contributed by atoms with Gasteiger partial charge in [0.1, 0.15) is 11.4 Å². The molecule has 4 amide bonds. The van der Waals surface area contributed by atoms with Crippen LogP contribution in [0.4, 0.5) is 11.9 Å². The van der Waals surface area contributed by atoms with Crippen LogP contribution in [0.3, 0.4) is 0 Å². The van der Waals surface area contributed by atoms with E-state index in [0.717, 1.165) is 41.7 Å². The van der Waals surface area contributed by atoms with Crippen LogP contribution in [-0.2, 0) is 26.2 Å². The van der Waals surface area contributed by atoms with Crippen LogP contribution in [0.25, 0.3) is 22.1 Å². The Morgan fingerprint density at radius 3 is 1.47 bits per heavy atom. The lowest BCUT2D eigenvalue weighted by atomic mass is 10.1. The van der Waals surface area contributed by atoms with E-state index in [4.69, 9.17) is 21.4 Å². The highest BCUT2D eigenvalue weighted by molar-refractivity contribution is 6.04. The molecule has 6 aromatic rings. The number of hydrogen-bond donors (Lipinski definition) is 4. The van der Waals surface area contributed by atoms with Crippen LogP contribution in [0.2, 0.25) is 0 Å². The summed E-state index contributed by atoms with van der Waals surface area (Å²) in [6.45, 7) is 9.78. The fraction of sp³-hybridized carbons (Fsp3) is 0.351. The molecule has 274 valence electrons. The van der Waals surface area contributed by atoms with E-state index >= 15 is 0 Å². The van der Waals surface area contributed by atoms with Crippen LogP contribution < -0.4 is 22.1 Å². The number of anilines is 2. The molecule has 16 heteroatoms. The van der Waals surface area contributed by atoms with Crippen LogP contribution in [-0.4, -0.2) is 62.3 Å². The molecule has 4 heterocycles. The van der Waals surface area contributed by atoms with Gasteiger partial charge in [0, 0.05) is 37.3 Å². The number of amides is 4. The summed E-state index contributed by atoms with van der Waals surface area (Å²) in [6.07, 6.45) is 2.68. The molecule has 1 saturated carbocycles. The first-order valence-corrected chi connectivity index (χ1v) is 17.8. The van der Waals surface area contributed by atoms with E-state index in [1.54, 1.807) is 57.9 Å². The van der Waals surface area contributed by atoms with Crippen molar-refractivity contribution in [3.63, 3.8) is 0 Å². The topological polar surface area (TPSA) is 216 Å². The Morgan fingerprint density at radius 1 is 0.679 bits per heavy atom. The number of nitrogens with two attached hydrogens (primary N) is 2. The predicted octanol–water partition coefficient (Wildman–Crippen LogP) is 4.25. The molecular formula is C37H42N12O4. The van der Waals surface area contributed by atoms with Gasteiger partial charge in [-0.25, -0.2) is 9.97 Å². The van der Waals surface area contributed by atoms with E-state index < -0.39 is 11.8 Å². The summed E-state index contributed by atoms with van der Waals surface area (Å²) in [7, 11) is 0. The second-order valence-corrected chi connectivity index (χ2v) is 13.5.